The number of hydrogen-bond donors (Lipinski definition) is 1. The topological polar surface area (TPSA) is 64.0 Å². The van der Waals surface area contributed by atoms with Gasteiger partial charge in [0.2, 0.25) is 0 Å². The summed E-state index contributed by atoms with van der Waals surface area (Å²) < 4.78 is 25.3. The summed E-state index contributed by atoms with van der Waals surface area (Å²) in [5.74, 6) is 0.711. The number of aromatic nitrogens is 2. The van der Waals surface area contributed by atoms with Gasteiger partial charge in [-0.1, -0.05) is 13.8 Å². The fourth-order valence-electron chi connectivity index (χ4n) is 1.71. The van der Waals surface area contributed by atoms with E-state index in [9.17, 15) is 8.42 Å². The lowest BCUT2D eigenvalue weighted by Gasteiger charge is -2.19. The fraction of sp³-hybridized carbons (Fsp3) is 0.786. The van der Waals surface area contributed by atoms with Gasteiger partial charge in [-0.25, -0.2) is 8.42 Å². The molecule has 1 N–H and O–H groups in total. The lowest BCUT2D eigenvalue weighted by Crippen LogP contribution is -2.32. The van der Waals surface area contributed by atoms with Crippen molar-refractivity contribution in [3.63, 3.8) is 0 Å². The molecule has 0 aromatic carbocycles. The Morgan fingerprint density at radius 2 is 2.00 bits per heavy atom. The first kappa shape index (κ1) is 17.2. The van der Waals surface area contributed by atoms with E-state index in [1.165, 1.54) is 0 Å². The van der Waals surface area contributed by atoms with Crippen LogP contribution in [0, 0.1) is 5.92 Å². The van der Waals surface area contributed by atoms with Gasteiger partial charge in [0.25, 0.3) is 0 Å². The Morgan fingerprint density at radius 1 is 1.35 bits per heavy atom. The number of rotatable bonds is 7. The molecule has 0 saturated carbocycles. The number of sulfone groups is 1. The van der Waals surface area contributed by atoms with Crippen LogP contribution < -0.4 is 5.32 Å². The zero-order chi connectivity index (χ0) is 15.4. The minimum absolute atomic E-state index is 0.120. The largest absolute Gasteiger partial charge is 0.311 e. The first-order valence-electron chi connectivity index (χ1n) is 7.07. The minimum atomic E-state index is -3.11. The van der Waals surface area contributed by atoms with E-state index >= 15 is 0 Å². The van der Waals surface area contributed by atoms with Crippen molar-refractivity contribution in [2.75, 3.05) is 12.3 Å². The highest BCUT2D eigenvalue weighted by Crippen LogP contribution is 2.16. The van der Waals surface area contributed by atoms with E-state index in [-0.39, 0.29) is 5.75 Å². The van der Waals surface area contributed by atoms with Gasteiger partial charge in [-0.2, -0.15) is 5.10 Å². The van der Waals surface area contributed by atoms with Gasteiger partial charge >= 0.3 is 0 Å². The SMILES string of the molecule is CC(C)CNCc1ccnn1CCS(=O)(=O)C(C)(C)C. The molecule has 0 unspecified atom stereocenters. The van der Waals surface area contributed by atoms with Gasteiger partial charge < -0.3 is 5.32 Å². The van der Waals surface area contributed by atoms with E-state index in [0.29, 0.717) is 19.0 Å². The summed E-state index contributed by atoms with van der Waals surface area (Å²) in [4.78, 5) is 0. The zero-order valence-electron chi connectivity index (χ0n) is 13.2. The second kappa shape index (κ2) is 6.72. The summed E-state index contributed by atoms with van der Waals surface area (Å²) in [5, 5.41) is 7.56. The van der Waals surface area contributed by atoms with E-state index < -0.39 is 14.6 Å². The van der Waals surface area contributed by atoms with Crippen LogP contribution in [-0.2, 0) is 22.9 Å². The van der Waals surface area contributed by atoms with Crippen molar-refractivity contribution in [2.24, 2.45) is 5.92 Å². The van der Waals surface area contributed by atoms with Crippen molar-refractivity contribution >= 4 is 9.84 Å². The normalized spacial score (nSPS) is 13.1. The second-order valence-corrected chi connectivity index (χ2v) is 9.36. The van der Waals surface area contributed by atoms with Gasteiger partial charge in [0.05, 0.1) is 22.7 Å². The minimum Gasteiger partial charge on any atom is -0.311 e. The summed E-state index contributed by atoms with van der Waals surface area (Å²) in [6, 6.07) is 1.93. The summed E-state index contributed by atoms with van der Waals surface area (Å²) in [7, 11) is -3.11. The molecule has 5 nitrogen and oxygen atoms in total. The van der Waals surface area contributed by atoms with Crippen molar-refractivity contribution in [1.29, 1.82) is 0 Å². The van der Waals surface area contributed by atoms with Crippen LogP contribution in [-0.4, -0.2) is 35.2 Å². The highest BCUT2D eigenvalue weighted by atomic mass is 32.2. The molecule has 1 heterocycles. The molecule has 0 fully saturated rings. The van der Waals surface area contributed by atoms with Crippen LogP contribution >= 0.6 is 0 Å². The average molecular weight is 301 g/mol. The monoisotopic (exact) mass is 301 g/mol. The van der Waals surface area contributed by atoms with Gasteiger partial charge in [0, 0.05) is 12.7 Å². The molecule has 20 heavy (non-hydrogen) atoms. The predicted octanol–water partition coefficient (Wildman–Crippen LogP) is 1.84. The maximum Gasteiger partial charge on any atom is 0.157 e. The molecule has 0 aliphatic carbocycles. The van der Waals surface area contributed by atoms with E-state index in [1.807, 2.05) is 6.07 Å². The quantitative estimate of drug-likeness (QED) is 0.834. The molecule has 0 radical (unpaired) electrons. The third-order valence-corrected chi connectivity index (χ3v) is 5.75. The molecular formula is C14H27N3O2S. The lowest BCUT2D eigenvalue weighted by molar-refractivity contribution is 0.518. The van der Waals surface area contributed by atoms with E-state index in [1.54, 1.807) is 31.6 Å². The standard InChI is InChI=1S/C14H27N3O2S/c1-12(2)10-15-11-13-6-7-16-17(13)8-9-20(18,19)14(3,4)5/h6-7,12,15H,8-11H2,1-5H3. The Kier molecular flexibility index (Phi) is 5.77. The summed E-state index contributed by atoms with van der Waals surface area (Å²) in [6.45, 7) is 11.6. The number of hydrogen-bond acceptors (Lipinski definition) is 4. The molecule has 0 atom stereocenters. The maximum absolute atomic E-state index is 12.1. The highest BCUT2D eigenvalue weighted by molar-refractivity contribution is 7.92. The molecule has 0 saturated heterocycles. The predicted molar refractivity (Wildman–Crippen MR) is 82.3 cm³/mol. The number of nitrogens with zero attached hydrogens (tertiary/aromatic N) is 2. The summed E-state index contributed by atoms with van der Waals surface area (Å²) in [6.07, 6.45) is 1.72. The molecule has 0 amide bonds. The Hall–Kier alpha value is -0.880. The van der Waals surface area contributed by atoms with Crippen molar-refractivity contribution in [2.45, 2.75) is 52.5 Å². The molecule has 0 aliphatic rings. The van der Waals surface area contributed by atoms with Crippen LogP contribution in [0.5, 0.6) is 0 Å². The fourth-order valence-corrected chi connectivity index (χ4v) is 2.74. The Morgan fingerprint density at radius 3 is 2.55 bits per heavy atom. The van der Waals surface area contributed by atoms with Crippen LogP contribution in [0.3, 0.4) is 0 Å². The molecule has 6 heteroatoms. The van der Waals surface area contributed by atoms with E-state index in [4.69, 9.17) is 0 Å². The summed E-state index contributed by atoms with van der Waals surface area (Å²) in [5.41, 5.74) is 1.02. The van der Waals surface area contributed by atoms with Gasteiger partial charge in [-0.05, 0) is 39.3 Å². The number of nitrogens with one attached hydrogen (secondary N) is 1. The van der Waals surface area contributed by atoms with Gasteiger partial charge in [0.15, 0.2) is 9.84 Å². The van der Waals surface area contributed by atoms with Crippen LogP contribution in [0.1, 0.15) is 40.3 Å². The molecule has 0 aliphatic heterocycles. The highest BCUT2D eigenvalue weighted by Gasteiger charge is 2.28. The molecule has 116 valence electrons. The van der Waals surface area contributed by atoms with Crippen LogP contribution in [0.2, 0.25) is 0 Å². The second-order valence-electron chi connectivity index (χ2n) is 6.50. The maximum atomic E-state index is 12.1. The summed E-state index contributed by atoms with van der Waals surface area (Å²) >= 11 is 0. The smallest absolute Gasteiger partial charge is 0.157 e. The van der Waals surface area contributed by atoms with Crippen molar-refractivity contribution < 1.29 is 8.42 Å². The van der Waals surface area contributed by atoms with Crippen molar-refractivity contribution in [3.05, 3.63) is 18.0 Å². The molecule has 0 bridgehead atoms. The lowest BCUT2D eigenvalue weighted by atomic mass is 10.2. The third-order valence-electron chi connectivity index (χ3n) is 3.17. The first-order valence-corrected chi connectivity index (χ1v) is 8.72. The molecule has 1 aromatic rings. The van der Waals surface area contributed by atoms with Crippen LogP contribution in [0.15, 0.2) is 12.3 Å². The first-order chi connectivity index (χ1) is 9.13. The molecular weight excluding hydrogens is 274 g/mol. The molecule has 0 spiro atoms. The van der Waals surface area contributed by atoms with Crippen molar-refractivity contribution in [3.8, 4) is 0 Å². The van der Waals surface area contributed by atoms with Gasteiger partial charge in [-0.3, -0.25) is 4.68 Å². The van der Waals surface area contributed by atoms with Crippen molar-refractivity contribution in [1.82, 2.24) is 15.1 Å². The average Bonchev–Trinajstić information content (AvgIpc) is 2.72. The zero-order valence-corrected chi connectivity index (χ0v) is 14.0. The molecule has 1 aromatic heterocycles. The number of aryl methyl sites for hydroxylation is 1. The van der Waals surface area contributed by atoms with Crippen LogP contribution in [0.4, 0.5) is 0 Å². The van der Waals surface area contributed by atoms with E-state index in [2.05, 4.69) is 24.3 Å². The van der Waals surface area contributed by atoms with Gasteiger partial charge in [0.1, 0.15) is 0 Å². The Bertz CT molecular complexity index is 513. The van der Waals surface area contributed by atoms with Gasteiger partial charge in [-0.15, -0.1) is 0 Å². The Balaban J connectivity index is 2.60. The third kappa shape index (κ3) is 4.90. The van der Waals surface area contributed by atoms with E-state index in [0.717, 1.165) is 12.2 Å². The van der Waals surface area contributed by atoms with Crippen LogP contribution in [0.25, 0.3) is 0 Å². The Labute approximate surface area is 122 Å². The molecule has 1 rings (SSSR count).